The number of hydrogen-bond donors (Lipinski definition) is 1. The van der Waals surface area contributed by atoms with E-state index in [-0.39, 0.29) is 12.1 Å². The second-order valence-electron chi connectivity index (χ2n) is 5.14. The fourth-order valence-corrected chi connectivity index (χ4v) is 2.53. The first-order valence-electron chi connectivity index (χ1n) is 6.74. The summed E-state index contributed by atoms with van der Waals surface area (Å²) >= 11 is 0. The maximum atomic E-state index is 5.95. The Labute approximate surface area is 115 Å². The molecular weight excluding hydrogens is 232 g/mol. The highest BCUT2D eigenvalue weighted by atomic mass is 15.1. The van der Waals surface area contributed by atoms with Crippen molar-refractivity contribution >= 4 is 0 Å². The summed E-state index contributed by atoms with van der Waals surface area (Å²) in [6.07, 6.45) is 0. The molecule has 19 heavy (non-hydrogen) atoms. The van der Waals surface area contributed by atoms with Gasteiger partial charge in [-0.25, -0.2) is 0 Å². The van der Waals surface area contributed by atoms with Gasteiger partial charge in [-0.15, -0.1) is 0 Å². The number of benzene rings is 2. The van der Waals surface area contributed by atoms with E-state index in [1.54, 1.807) is 0 Å². The Balaban J connectivity index is 2.34. The van der Waals surface area contributed by atoms with Gasteiger partial charge in [0.15, 0.2) is 0 Å². The van der Waals surface area contributed by atoms with Crippen molar-refractivity contribution in [3.05, 3.63) is 71.8 Å². The van der Waals surface area contributed by atoms with E-state index in [4.69, 9.17) is 5.73 Å². The molecule has 0 heterocycles. The Bertz CT molecular complexity index is 440. The summed E-state index contributed by atoms with van der Waals surface area (Å²) in [4.78, 5) is 2.31. The maximum Gasteiger partial charge on any atom is 0.0599 e. The van der Waals surface area contributed by atoms with Crippen LogP contribution in [-0.4, -0.2) is 24.5 Å². The van der Waals surface area contributed by atoms with Crippen LogP contribution in [0, 0.1) is 0 Å². The van der Waals surface area contributed by atoms with Gasteiger partial charge in [0.05, 0.1) is 6.04 Å². The minimum atomic E-state index is 0.167. The first kappa shape index (κ1) is 13.8. The lowest BCUT2D eigenvalue weighted by molar-refractivity contribution is 0.266. The van der Waals surface area contributed by atoms with Crippen molar-refractivity contribution in [3.63, 3.8) is 0 Å². The molecule has 2 nitrogen and oxygen atoms in total. The number of hydrogen-bond acceptors (Lipinski definition) is 2. The van der Waals surface area contributed by atoms with E-state index in [1.165, 1.54) is 11.1 Å². The summed E-state index contributed by atoms with van der Waals surface area (Å²) in [5.41, 5.74) is 8.55. The number of nitrogens with zero attached hydrogens (tertiary/aromatic N) is 1. The fraction of sp³-hybridized carbons (Fsp3) is 0.294. The zero-order valence-corrected chi connectivity index (χ0v) is 11.7. The summed E-state index contributed by atoms with van der Waals surface area (Å²) in [7, 11) is 2.13. The molecule has 2 N–H and O–H groups in total. The van der Waals surface area contributed by atoms with Crippen molar-refractivity contribution in [1.82, 2.24) is 4.90 Å². The SMILES string of the molecule is CC(N)CN(C)C(c1ccccc1)c1ccccc1. The predicted octanol–water partition coefficient (Wildman–Crippen LogP) is 3.06. The van der Waals surface area contributed by atoms with Crippen LogP contribution in [0.25, 0.3) is 0 Å². The summed E-state index contributed by atoms with van der Waals surface area (Å²) in [6, 6.07) is 21.6. The molecular formula is C17H22N2. The van der Waals surface area contributed by atoms with Crippen LogP contribution in [0.3, 0.4) is 0 Å². The monoisotopic (exact) mass is 254 g/mol. The van der Waals surface area contributed by atoms with Gasteiger partial charge in [-0.2, -0.15) is 0 Å². The summed E-state index contributed by atoms with van der Waals surface area (Å²) < 4.78 is 0. The summed E-state index contributed by atoms with van der Waals surface area (Å²) in [5, 5.41) is 0. The first-order valence-corrected chi connectivity index (χ1v) is 6.74. The molecule has 2 rings (SSSR count). The second-order valence-corrected chi connectivity index (χ2v) is 5.14. The third kappa shape index (κ3) is 3.66. The van der Waals surface area contributed by atoms with Crippen LogP contribution in [0.2, 0.25) is 0 Å². The van der Waals surface area contributed by atoms with Gasteiger partial charge in [0, 0.05) is 12.6 Å². The van der Waals surface area contributed by atoms with Gasteiger partial charge in [0.25, 0.3) is 0 Å². The van der Waals surface area contributed by atoms with Gasteiger partial charge in [-0.05, 0) is 25.1 Å². The summed E-state index contributed by atoms with van der Waals surface area (Å²) in [5.74, 6) is 0. The molecule has 2 aromatic rings. The second kappa shape index (κ2) is 6.50. The third-order valence-electron chi connectivity index (χ3n) is 3.25. The zero-order valence-electron chi connectivity index (χ0n) is 11.7. The average molecular weight is 254 g/mol. The molecule has 0 radical (unpaired) electrons. The minimum absolute atomic E-state index is 0.167. The van der Waals surface area contributed by atoms with Crippen molar-refractivity contribution in [2.75, 3.05) is 13.6 Å². The molecule has 0 aromatic heterocycles. The highest BCUT2D eigenvalue weighted by Crippen LogP contribution is 2.27. The Morgan fingerprint density at radius 2 is 1.32 bits per heavy atom. The highest BCUT2D eigenvalue weighted by Gasteiger charge is 2.19. The fourth-order valence-electron chi connectivity index (χ4n) is 2.53. The molecule has 0 saturated heterocycles. The van der Waals surface area contributed by atoms with Crippen LogP contribution in [0.4, 0.5) is 0 Å². The molecule has 0 spiro atoms. The van der Waals surface area contributed by atoms with Crippen LogP contribution in [0.15, 0.2) is 60.7 Å². The van der Waals surface area contributed by atoms with Crippen molar-refractivity contribution in [2.45, 2.75) is 19.0 Å². The predicted molar refractivity (Wildman–Crippen MR) is 81.0 cm³/mol. The Morgan fingerprint density at radius 3 is 1.68 bits per heavy atom. The van der Waals surface area contributed by atoms with Gasteiger partial charge < -0.3 is 5.73 Å². The maximum absolute atomic E-state index is 5.95. The highest BCUT2D eigenvalue weighted by molar-refractivity contribution is 5.31. The van der Waals surface area contributed by atoms with E-state index >= 15 is 0 Å². The molecule has 2 heteroatoms. The Morgan fingerprint density at radius 1 is 0.895 bits per heavy atom. The smallest absolute Gasteiger partial charge is 0.0599 e. The van der Waals surface area contributed by atoms with Crippen molar-refractivity contribution < 1.29 is 0 Å². The standard InChI is InChI=1S/C17H22N2/c1-14(18)13-19(2)17(15-9-5-3-6-10-15)16-11-7-4-8-12-16/h3-12,14,17H,13,18H2,1-2H3. The topological polar surface area (TPSA) is 29.3 Å². The van der Waals surface area contributed by atoms with E-state index in [0.29, 0.717) is 0 Å². The largest absolute Gasteiger partial charge is 0.327 e. The van der Waals surface area contributed by atoms with Gasteiger partial charge in [-0.1, -0.05) is 60.7 Å². The Kier molecular flexibility index (Phi) is 4.72. The summed E-state index contributed by atoms with van der Waals surface area (Å²) in [6.45, 7) is 2.91. The van der Waals surface area contributed by atoms with E-state index in [9.17, 15) is 0 Å². The van der Waals surface area contributed by atoms with E-state index < -0.39 is 0 Å². The first-order chi connectivity index (χ1) is 9.18. The zero-order chi connectivity index (χ0) is 13.7. The molecule has 0 bridgehead atoms. The average Bonchev–Trinajstić information content (AvgIpc) is 2.40. The molecule has 1 unspecified atom stereocenters. The van der Waals surface area contributed by atoms with Crippen LogP contribution >= 0.6 is 0 Å². The van der Waals surface area contributed by atoms with Gasteiger partial charge in [0.2, 0.25) is 0 Å². The number of likely N-dealkylation sites (N-methyl/N-ethyl adjacent to an activating group) is 1. The van der Waals surface area contributed by atoms with Crippen molar-refractivity contribution in [1.29, 1.82) is 0 Å². The van der Waals surface area contributed by atoms with E-state index in [1.807, 2.05) is 6.92 Å². The molecule has 2 aromatic carbocycles. The third-order valence-corrected chi connectivity index (χ3v) is 3.25. The molecule has 100 valence electrons. The van der Waals surface area contributed by atoms with Gasteiger partial charge >= 0.3 is 0 Å². The van der Waals surface area contributed by atoms with Crippen LogP contribution in [0.1, 0.15) is 24.1 Å². The Hall–Kier alpha value is -1.64. The van der Waals surface area contributed by atoms with Crippen LogP contribution < -0.4 is 5.73 Å². The molecule has 0 amide bonds. The quantitative estimate of drug-likeness (QED) is 0.888. The normalized spacial score (nSPS) is 12.9. The molecule has 1 atom stereocenters. The van der Waals surface area contributed by atoms with Gasteiger partial charge in [0.1, 0.15) is 0 Å². The number of rotatable bonds is 5. The number of nitrogens with two attached hydrogens (primary N) is 1. The van der Waals surface area contributed by atoms with Crippen molar-refractivity contribution in [2.24, 2.45) is 5.73 Å². The molecule has 0 saturated carbocycles. The van der Waals surface area contributed by atoms with Crippen LogP contribution in [0.5, 0.6) is 0 Å². The minimum Gasteiger partial charge on any atom is -0.327 e. The lowest BCUT2D eigenvalue weighted by atomic mass is 9.97. The van der Waals surface area contributed by atoms with E-state index in [2.05, 4.69) is 72.6 Å². The van der Waals surface area contributed by atoms with Crippen LogP contribution in [-0.2, 0) is 0 Å². The molecule has 0 fully saturated rings. The molecule has 0 aliphatic rings. The molecule has 0 aliphatic carbocycles. The van der Waals surface area contributed by atoms with E-state index in [0.717, 1.165) is 6.54 Å². The molecule has 0 aliphatic heterocycles. The van der Waals surface area contributed by atoms with Gasteiger partial charge in [-0.3, -0.25) is 4.90 Å². The lowest BCUT2D eigenvalue weighted by Crippen LogP contribution is -2.35. The van der Waals surface area contributed by atoms with Crippen molar-refractivity contribution in [3.8, 4) is 0 Å². The lowest BCUT2D eigenvalue weighted by Gasteiger charge is -2.30.